The zero-order valence-electron chi connectivity index (χ0n) is 15.4. The van der Waals surface area contributed by atoms with E-state index in [0.29, 0.717) is 10.7 Å². The Balaban J connectivity index is 2.24. The molecule has 8 nitrogen and oxygen atoms in total. The van der Waals surface area contributed by atoms with Gasteiger partial charge in [-0.15, -0.1) is 0 Å². The number of rotatable bonds is 6. The van der Waals surface area contributed by atoms with Crippen molar-refractivity contribution in [2.75, 3.05) is 17.7 Å². The number of benzene rings is 2. The maximum Gasteiger partial charge on any atom is 0.273 e. The van der Waals surface area contributed by atoms with Crippen molar-refractivity contribution in [1.82, 2.24) is 0 Å². The van der Waals surface area contributed by atoms with E-state index >= 15 is 0 Å². The molecule has 0 atom stereocenters. The van der Waals surface area contributed by atoms with Crippen molar-refractivity contribution in [1.29, 1.82) is 5.26 Å². The summed E-state index contributed by atoms with van der Waals surface area (Å²) in [5.41, 5.74) is 2.23. The Morgan fingerprint density at radius 3 is 2.61 bits per heavy atom. The van der Waals surface area contributed by atoms with Crippen molar-refractivity contribution in [3.63, 3.8) is 0 Å². The van der Waals surface area contributed by atoms with Gasteiger partial charge in [-0.1, -0.05) is 17.7 Å². The van der Waals surface area contributed by atoms with Gasteiger partial charge < -0.3 is 15.4 Å². The largest absolute Gasteiger partial charge is 0.494 e. The van der Waals surface area contributed by atoms with Crippen LogP contribution in [0.3, 0.4) is 0 Å². The van der Waals surface area contributed by atoms with Gasteiger partial charge in [-0.2, -0.15) is 5.26 Å². The number of nitro groups is 1. The standard InChI is InChI=1S/C19H17ClN4O4/c1-11-6-12(2)18(15(20)7-11)22-10-13(9-21)19(25)23-16-5-4-14(24(26)27)8-17(16)28-3/h4-8,10,22H,1-3H3,(H,23,25)/b13-10-. The first kappa shape index (κ1) is 20.7. The molecule has 0 aliphatic heterocycles. The fourth-order valence-corrected chi connectivity index (χ4v) is 2.85. The molecule has 2 aromatic rings. The molecule has 0 fully saturated rings. The summed E-state index contributed by atoms with van der Waals surface area (Å²) < 4.78 is 5.07. The fraction of sp³-hybridized carbons (Fsp3) is 0.158. The number of nitrogens with zero attached hydrogens (tertiary/aromatic N) is 2. The van der Waals surface area contributed by atoms with Crippen LogP contribution >= 0.6 is 11.6 Å². The highest BCUT2D eigenvalue weighted by Gasteiger charge is 2.16. The first-order valence-corrected chi connectivity index (χ1v) is 8.42. The lowest BCUT2D eigenvalue weighted by atomic mass is 10.1. The van der Waals surface area contributed by atoms with E-state index in [1.807, 2.05) is 19.9 Å². The number of aryl methyl sites for hydroxylation is 2. The molecule has 0 saturated carbocycles. The summed E-state index contributed by atoms with van der Waals surface area (Å²) in [6.45, 7) is 3.76. The molecule has 0 spiro atoms. The smallest absolute Gasteiger partial charge is 0.273 e. The second-order valence-electron chi connectivity index (χ2n) is 5.85. The molecule has 0 aromatic heterocycles. The van der Waals surface area contributed by atoms with Gasteiger partial charge in [-0.3, -0.25) is 14.9 Å². The Labute approximate surface area is 166 Å². The first-order chi connectivity index (χ1) is 13.3. The fourth-order valence-electron chi connectivity index (χ4n) is 2.48. The van der Waals surface area contributed by atoms with Crippen LogP contribution in [0.1, 0.15) is 11.1 Å². The Hall–Kier alpha value is -3.57. The average Bonchev–Trinajstić information content (AvgIpc) is 2.63. The van der Waals surface area contributed by atoms with E-state index in [9.17, 15) is 20.2 Å². The Morgan fingerprint density at radius 2 is 2.04 bits per heavy atom. The van der Waals surface area contributed by atoms with Crippen molar-refractivity contribution < 1.29 is 14.5 Å². The van der Waals surface area contributed by atoms with E-state index in [0.717, 1.165) is 11.1 Å². The van der Waals surface area contributed by atoms with E-state index < -0.39 is 10.8 Å². The molecule has 144 valence electrons. The van der Waals surface area contributed by atoms with Crippen LogP contribution in [0.5, 0.6) is 5.75 Å². The van der Waals surface area contributed by atoms with E-state index in [-0.39, 0.29) is 22.7 Å². The highest BCUT2D eigenvalue weighted by molar-refractivity contribution is 6.33. The summed E-state index contributed by atoms with van der Waals surface area (Å²) >= 11 is 6.20. The van der Waals surface area contributed by atoms with Crippen LogP contribution in [0, 0.1) is 35.3 Å². The topological polar surface area (TPSA) is 117 Å². The number of nitro benzene ring substituents is 1. The number of nitriles is 1. The second-order valence-corrected chi connectivity index (χ2v) is 6.26. The predicted octanol–water partition coefficient (Wildman–Crippen LogP) is 4.33. The van der Waals surface area contributed by atoms with Crippen molar-refractivity contribution >= 4 is 34.6 Å². The zero-order chi connectivity index (χ0) is 20.8. The molecule has 0 heterocycles. The minimum Gasteiger partial charge on any atom is -0.494 e. The molecular weight excluding hydrogens is 384 g/mol. The minimum absolute atomic E-state index is 0.102. The molecule has 2 aromatic carbocycles. The molecule has 0 unspecified atom stereocenters. The number of anilines is 2. The first-order valence-electron chi connectivity index (χ1n) is 8.04. The van der Waals surface area contributed by atoms with Crippen LogP contribution in [0.25, 0.3) is 0 Å². The number of amides is 1. The second kappa shape index (κ2) is 8.88. The molecule has 0 aliphatic carbocycles. The number of halogens is 1. The summed E-state index contributed by atoms with van der Waals surface area (Å²) in [5.74, 6) is -0.603. The van der Waals surface area contributed by atoms with Gasteiger partial charge in [0, 0.05) is 12.3 Å². The third-order valence-corrected chi connectivity index (χ3v) is 4.10. The Bertz CT molecular complexity index is 988. The van der Waals surface area contributed by atoms with Crippen LogP contribution in [0.4, 0.5) is 17.1 Å². The monoisotopic (exact) mass is 400 g/mol. The summed E-state index contributed by atoms with van der Waals surface area (Å²) in [5, 5.41) is 26.0. The number of hydrogen-bond acceptors (Lipinski definition) is 6. The molecule has 0 bridgehead atoms. The number of non-ortho nitro benzene ring substituents is 1. The van der Waals surface area contributed by atoms with Crippen LogP contribution < -0.4 is 15.4 Å². The molecule has 0 aliphatic rings. The number of nitrogens with one attached hydrogen (secondary N) is 2. The van der Waals surface area contributed by atoms with Gasteiger partial charge in [0.25, 0.3) is 11.6 Å². The van der Waals surface area contributed by atoms with Crippen LogP contribution in [-0.2, 0) is 4.79 Å². The maximum absolute atomic E-state index is 12.4. The third-order valence-electron chi connectivity index (χ3n) is 3.80. The number of hydrogen-bond donors (Lipinski definition) is 2. The molecule has 9 heteroatoms. The van der Waals surface area contributed by atoms with E-state index in [1.54, 1.807) is 12.1 Å². The molecule has 28 heavy (non-hydrogen) atoms. The summed E-state index contributed by atoms with van der Waals surface area (Å²) in [6.07, 6.45) is 1.25. The van der Waals surface area contributed by atoms with Crippen LogP contribution in [0.15, 0.2) is 42.1 Å². The van der Waals surface area contributed by atoms with E-state index in [1.165, 1.54) is 31.5 Å². The molecule has 2 rings (SSSR count). The lowest BCUT2D eigenvalue weighted by Crippen LogP contribution is -2.15. The highest BCUT2D eigenvalue weighted by atomic mass is 35.5. The van der Waals surface area contributed by atoms with Crippen molar-refractivity contribution in [2.24, 2.45) is 0 Å². The van der Waals surface area contributed by atoms with Gasteiger partial charge in [-0.25, -0.2) is 0 Å². The zero-order valence-corrected chi connectivity index (χ0v) is 16.1. The highest BCUT2D eigenvalue weighted by Crippen LogP contribution is 2.30. The predicted molar refractivity (Wildman–Crippen MR) is 107 cm³/mol. The summed E-state index contributed by atoms with van der Waals surface area (Å²) in [7, 11) is 1.32. The lowest BCUT2D eigenvalue weighted by molar-refractivity contribution is -0.384. The normalized spacial score (nSPS) is 10.8. The van der Waals surface area contributed by atoms with Gasteiger partial charge in [0.15, 0.2) is 0 Å². The Kier molecular flexibility index (Phi) is 6.58. The molecule has 0 saturated heterocycles. The van der Waals surface area contributed by atoms with Crippen molar-refractivity contribution in [2.45, 2.75) is 13.8 Å². The van der Waals surface area contributed by atoms with Crippen LogP contribution in [-0.4, -0.2) is 17.9 Å². The van der Waals surface area contributed by atoms with Gasteiger partial charge in [0.1, 0.15) is 17.4 Å². The quantitative estimate of drug-likeness (QED) is 0.322. The molecule has 0 radical (unpaired) electrons. The summed E-state index contributed by atoms with van der Waals surface area (Å²) in [6, 6.07) is 9.21. The van der Waals surface area contributed by atoms with Crippen molar-refractivity contribution in [3.8, 4) is 11.8 Å². The molecular formula is C19H17ClN4O4. The SMILES string of the molecule is COc1cc([N+](=O)[O-])ccc1NC(=O)/C(C#N)=C\Nc1c(C)cc(C)cc1Cl. The minimum atomic E-state index is -0.706. The average molecular weight is 401 g/mol. The lowest BCUT2D eigenvalue weighted by Gasteiger charge is -2.11. The van der Waals surface area contributed by atoms with E-state index in [2.05, 4.69) is 10.6 Å². The van der Waals surface area contributed by atoms with Crippen molar-refractivity contribution in [3.05, 3.63) is 68.4 Å². The molecule has 2 N–H and O–H groups in total. The number of ether oxygens (including phenoxy) is 1. The van der Waals surface area contributed by atoms with Gasteiger partial charge >= 0.3 is 0 Å². The third kappa shape index (κ3) is 4.78. The molecule has 1 amide bonds. The number of methoxy groups -OCH3 is 1. The van der Waals surface area contributed by atoms with E-state index in [4.69, 9.17) is 16.3 Å². The van der Waals surface area contributed by atoms with Crippen LogP contribution in [0.2, 0.25) is 5.02 Å². The van der Waals surface area contributed by atoms with Gasteiger partial charge in [0.2, 0.25) is 0 Å². The summed E-state index contributed by atoms with van der Waals surface area (Å²) in [4.78, 5) is 22.7. The van der Waals surface area contributed by atoms with Gasteiger partial charge in [-0.05, 0) is 37.1 Å². The number of carbonyl (C=O) groups is 1. The Morgan fingerprint density at radius 1 is 1.32 bits per heavy atom. The number of carbonyl (C=O) groups excluding carboxylic acids is 1. The van der Waals surface area contributed by atoms with Gasteiger partial charge in [0.05, 0.1) is 34.5 Å². The maximum atomic E-state index is 12.4.